The number of benzene rings is 1. The van der Waals surface area contributed by atoms with Crippen LogP contribution in [0.15, 0.2) is 29.1 Å². The Morgan fingerprint density at radius 1 is 1.33 bits per heavy atom. The fourth-order valence-corrected chi connectivity index (χ4v) is 2.50. The predicted molar refractivity (Wildman–Crippen MR) is 81.5 cm³/mol. The summed E-state index contributed by atoms with van der Waals surface area (Å²) < 4.78 is 5.75. The lowest BCUT2D eigenvalue weighted by molar-refractivity contribution is 0.318. The molecule has 5 nitrogen and oxygen atoms in total. The van der Waals surface area contributed by atoms with Gasteiger partial charge in [0.15, 0.2) is 0 Å². The monoisotopic (exact) mass is 285 g/mol. The van der Waals surface area contributed by atoms with Gasteiger partial charge in [-0.3, -0.25) is 4.79 Å². The van der Waals surface area contributed by atoms with Gasteiger partial charge >= 0.3 is 0 Å². The molecule has 21 heavy (non-hydrogen) atoms. The SMILES string of the molecule is CCCOc1ccccc1-c1nc2c(c(=O)[nH]1)CCNC2. The lowest BCUT2D eigenvalue weighted by atomic mass is 10.1. The Bertz CT molecular complexity index is 694. The molecule has 0 bridgehead atoms. The van der Waals surface area contributed by atoms with Gasteiger partial charge < -0.3 is 15.0 Å². The fourth-order valence-electron chi connectivity index (χ4n) is 2.50. The van der Waals surface area contributed by atoms with Crippen molar-refractivity contribution in [2.45, 2.75) is 26.3 Å². The predicted octanol–water partition coefficient (Wildman–Crippen LogP) is 1.87. The summed E-state index contributed by atoms with van der Waals surface area (Å²) in [6.45, 7) is 4.18. The van der Waals surface area contributed by atoms with Crippen LogP contribution in [0.1, 0.15) is 24.6 Å². The van der Waals surface area contributed by atoms with Gasteiger partial charge in [-0.1, -0.05) is 19.1 Å². The molecule has 2 N–H and O–H groups in total. The second-order valence-corrected chi connectivity index (χ2v) is 5.11. The highest BCUT2D eigenvalue weighted by Crippen LogP contribution is 2.27. The molecule has 0 atom stereocenters. The number of hydrogen-bond donors (Lipinski definition) is 2. The maximum atomic E-state index is 12.2. The number of ether oxygens (including phenoxy) is 1. The lowest BCUT2D eigenvalue weighted by Gasteiger charge is -2.17. The number of fused-ring (bicyclic) bond motifs is 1. The second kappa shape index (κ2) is 6.10. The molecule has 0 saturated heterocycles. The quantitative estimate of drug-likeness (QED) is 0.900. The average Bonchev–Trinajstić information content (AvgIpc) is 2.53. The van der Waals surface area contributed by atoms with E-state index in [9.17, 15) is 4.79 Å². The zero-order valence-electron chi connectivity index (χ0n) is 12.1. The lowest BCUT2D eigenvalue weighted by Crippen LogP contribution is -2.31. The van der Waals surface area contributed by atoms with Crippen LogP contribution in [0.25, 0.3) is 11.4 Å². The van der Waals surface area contributed by atoms with Gasteiger partial charge in [-0.25, -0.2) is 4.98 Å². The maximum absolute atomic E-state index is 12.2. The van der Waals surface area contributed by atoms with E-state index in [1.54, 1.807) is 0 Å². The van der Waals surface area contributed by atoms with Crippen LogP contribution in [0, 0.1) is 0 Å². The Morgan fingerprint density at radius 2 is 2.19 bits per heavy atom. The number of nitrogens with one attached hydrogen (secondary N) is 2. The molecule has 1 aliphatic heterocycles. The van der Waals surface area contributed by atoms with E-state index in [-0.39, 0.29) is 5.56 Å². The van der Waals surface area contributed by atoms with Crippen LogP contribution in [0.2, 0.25) is 0 Å². The van der Waals surface area contributed by atoms with Crippen molar-refractivity contribution in [1.29, 1.82) is 0 Å². The molecular formula is C16H19N3O2. The summed E-state index contributed by atoms with van der Waals surface area (Å²) in [6, 6.07) is 7.67. The summed E-state index contributed by atoms with van der Waals surface area (Å²) in [4.78, 5) is 19.7. The van der Waals surface area contributed by atoms with Crippen molar-refractivity contribution in [3.8, 4) is 17.1 Å². The van der Waals surface area contributed by atoms with Crippen molar-refractivity contribution in [2.75, 3.05) is 13.2 Å². The van der Waals surface area contributed by atoms with Gasteiger partial charge in [0.1, 0.15) is 11.6 Å². The zero-order valence-corrected chi connectivity index (χ0v) is 12.1. The van der Waals surface area contributed by atoms with Crippen molar-refractivity contribution in [1.82, 2.24) is 15.3 Å². The van der Waals surface area contributed by atoms with Gasteiger partial charge in [0.2, 0.25) is 0 Å². The first-order chi connectivity index (χ1) is 10.3. The molecule has 0 aliphatic carbocycles. The van der Waals surface area contributed by atoms with Crippen molar-refractivity contribution in [3.63, 3.8) is 0 Å². The minimum Gasteiger partial charge on any atom is -0.493 e. The molecule has 0 fully saturated rings. The van der Waals surface area contributed by atoms with Gasteiger partial charge in [0, 0.05) is 12.1 Å². The molecule has 0 saturated carbocycles. The summed E-state index contributed by atoms with van der Waals surface area (Å²) >= 11 is 0. The molecule has 3 rings (SSSR count). The third-order valence-electron chi connectivity index (χ3n) is 3.55. The third-order valence-corrected chi connectivity index (χ3v) is 3.55. The second-order valence-electron chi connectivity index (χ2n) is 5.11. The van der Waals surface area contributed by atoms with E-state index in [0.29, 0.717) is 19.0 Å². The highest BCUT2D eigenvalue weighted by atomic mass is 16.5. The minimum atomic E-state index is -0.0400. The minimum absolute atomic E-state index is 0.0400. The van der Waals surface area contributed by atoms with Crippen LogP contribution < -0.4 is 15.6 Å². The van der Waals surface area contributed by atoms with Crippen LogP contribution in [-0.4, -0.2) is 23.1 Å². The summed E-state index contributed by atoms with van der Waals surface area (Å²) in [7, 11) is 0. The molecule has 110 valence electrons. The molecule has 1 aromatic carbocycles. The van der Waals surface area contributed by atoms with Gasteiger partial charge in [-0.15, -0.1) is 0 Å². The zero-order chi connectivity index (χ0) is 14.7. The largest absolute Gasteiger partial charge is 0.493 e. The van der Waals surface area contributed by atoms with Gasteiger partial charge in [-0.05, 0) is 31.5 Å². The van der Waals surface area contributed by atoms with Gasteiger partial charge in [0.05, 0.1) is 17.9 Å². The highest BCUT2D eigenvalue weighted by Gasteiger charge is 2.17. The fraction of sp³-hybridized carbons (Fsp3) is 0.375. The molecule has 0 amide bonds. The van der Waals surface area contributed by atoms with Gasteiger partial charge in [-0.2, -0.15) is 0 Å². The van der Waals surface area contributed by atoms with Crippen molar-refractivity contribution < 1.29 is 4.74 Å². The van der Waals surface area contributed by atoms with Crippen molar-refractivity contribution in [3.05, 3.63) is 45.9 Å². The Labute approximate surface area is 123 Å². The van der Waals surface area contributed by atoms with E-state index >= 15 is 0 Å². The molecule has 0 unspecified atom stereocenters. The van der Waals surface area contributed by atoms with Crippen molar-refractivity contribution >= 4 is 0 Å². The summed E-state index contributed by atoms with van der Waals surface area (Å²) in [6.07, 6.45) is 1.66. The summed E-state index contributed by atoms with van der Waals surface area (Å²) in [5.41, 5.74) is 2.42. The Balaban J connectivity index is 2.05. The van der Waals surface area contributed by atoms with Crippen LogP contribution in [-0.2, 0) is 13.0 Å². The normalized spacial score (nSPS) is 13.8. The van der Waals surface area contributed by atoms with E-state index in [4.69, 9.17) is 4.74 Å². The molecule has 2 aromatic rings. The van der Waals surface area contributed by atoms with E-state index in [1.165, 1.54) is 0 Å². The first-order valence-electron chi connectivity index (χ1n) is 7.34. The Kier molecular flexibility index (Phi) is 4.01. The number of hydrogen-bond acceptors (Lipinski definition) is 4. The van der Waals surface area contributed by atoms with Crippen LogP contribution in [0.5, 0.6) is 5.75 Å². The number of H-pyrrole nitrogens is 1. The van der Waals surface area contributed by atoms with E-state index in [1.807, 2.05) is 24.3 Å². The molecule has 1 aliphatic rings. The molecule has 0 radical (unpaired) electrons. The van der Waals surface area contributed by atoms with Crippen LogP contribution in [0.4, 0.5) is 0 Å². The van der Waals surface area contributed by atoms with E-state index < -0.39 is 0 Å². The van der Waals surface area contributed by atoms with Gasteiger partial charge in [0.25, 0.3) is 5.56 Å². The maximum Gasteiger partial charge on any atom is 0.254 e. The Hall–Kier alpha value is -2.14. The summed E-state index contributed by atoms with van der Waals surface area (Å²) in [5, 5.41) is 3.25. The van der Waals surface area contributed by atoms with Crippen LogP contribution in [0.3, 0.4) is 0 Å². The average molecular weight is 285 g/mol. The molecule has 0 spiro atoms. The number of para-hydroxylation sites is 1. The number of aromatic amines is 1. The smallest absolute Gasteiger partial charge is 0.254 e. The third kappa shape index (κ3) is 2.83. The number of rotatable bonds is 4. The molecule has 1 aromatic heterocycles. The molecule has 2 heterocycles. The van der Waals surface area contributed by atoms with Crippen LogP contribution >= 0.6 is 0 Å². The Morgan fingerprint density at radius 3 is 3.05 bits per heavy atom. The summed E-state index contributed by atoms with van der Waals surface area (Å²) in [5.74, 6) is 1.33. The standard InChI is InChI=1S/C16H19N3O2/c1-2-9-21-14-6-4-3-5-12(14)15-18-13-10-17-8-7-11(13)16(20)19-15/h3-6,17H,2,7-10H2,1H3,(H,18,19,20). The first kappa shape index (κ1) is 13.8. The topological polar surface area (TPSA) is 67.0 Å². The van der Waals surface area contributed by atoms with E-state index in [0.717, 1.165) is 42.0 Å². The van der Waals surface area contributed by atoms with Crippen molar-refractivity contribution in [2.24, 2.45) is 0 Å². The number of aromatic nitrogens is 2. The number of nitrogens with zero attached hydrogens (tertiary/aromatic N) is 1. The first-order valence-corrected chi connectivity index (χ1v) is 7.34. The highest BCUT2D eigenvalue weighted by molar-refractivity contribution is 5.64. The van der Waals surface area contributed by atoms with E-state index in [2.05, 4.69) is 22.2 Å². The molecular weight excluding hydrogens is 266 g/mol. The molecule has 5 heteroatoms.